The van der Waals surface area contributed by atoms with Crippen LogP contribution in [-0.4, -0.2) is 16.2 Å². The molecule has 1 heterocycles. The average Bonchev–Trinajstić information content (AvgIpc) is 2.70. The summed E-state index contributed by atoms with van der Waals surface area (Å²) in [7, 11) is 0. The topological polar surface area (TPSA) is 63.3 Å². The summed E-state index contributed by atoms with van der Waals surface area (Å²) in [5.41, 5.74) is 0.778. The molecule has 0 bridgehead atoms. The summed E-state index contributed by atoms with van der Waals surface area (Å²) >= 11 is 0. The fourth-order valence-corrected chi connectivity index (χ4v) is 1.36. The first-order valence-corrected chi connectivity index (χ1v) is 3.84. The van der Waals surface area contributed by atoms with Gasteiger partial charge in [-0.1, -0.05) is 5.16 Å². The maximum atomic E-state index is 10.5. The van der Waals surface area contributed by atoms with Crippen LogP contribution in [0.3, 0.4) is 0 Å². The zero-order valence-electron chi connectivity index (χ0n) is 6.65. The second-order valence-corrected chi connectivity index (χ2v) is 3.15. The molecule has 1 fully saturated rings. The van der Waals surface area contributed by atoms with E-state index in [-0.39, 0.29) is 11.8 Å². The third-order valence-corrected chi connectivity index (χ3v) is 2.13. The van der Waals surface area contributed by atoms with Crippen molar-refractivity contribution < 1.29 is 14.4 Å². The molecular weight excluding hydrogens is 158 g/mol. The van der Waals surface area contributed by atoms with E-state index in [1.807, 2.05) is 0 Å². The van der Waals surface area contributed by atoms with Crippen molar-refractivity contribution in [2.75, 3.05) is 0 Å². The van der Waals surface area contributed by atoms with E-state index in [0.29, 0.717) is 6.42 Å². The van der Waals surface area contributed by atoms with Crippen molar-refractivity contribution in [2.45, 2.75) is 19.3 Å². The largest absolute Gasteiger partial charge is 0.481 e. The Hall–Kier alpha value is -1.32. The summed E-state index contributed by atoms with van der Waals surface area (Å²) in [6, 6.07) is 1.80. The number of hydrogen-bond acceptors (Lipinski definition) is 3. The van der Waals surface area contributed by atoms with Crippen molar-refractivity contribution in [3.8, 4) is 0 Å². The standard InChI is InChI=1S/C8H9NO3/c1-4-2-7(9-12-4)5-3-6(5)8(10)11/h2,5-6H,3H2,1H3,(H,10,11)/t5-,6-/m1/s1. The van der Waals surface area contributed by atoms with Gasteiger partial charge >= 0.3 is 5.97 Å². The van der Waals surface area contributed by atoms with Gasteiger partial charge in [-0.3, -0.25) is 4.79 Å². The Balaban J connectivity index is 2.10. The molecule has 0 radical (unpaired) electrons. The van der Waals surface area contributed by atoms with Crippen molar-refractivity contribution in [3.05, 3.63) is 17.5 Å². The normalized spacial score (nSPS) is 27.1. The van der Waals surface area contributed by atoms with E-state index in [0.717, 1.165) is 11.5 Å². The summed E-state index contributed by atoms with van der Waals surface area (Å²) in [6.45, 7) is 1.80. The number of carboxylic acids is 1. The van der Waals surface area contributed by atoms with Gasteiger partial charge in [-0.05, 0) is 13.3 Å². The van der Waals surface area contributed by atoms with E-state index < -0.39 is 5.97 Å². The molecule has 1 aliphatic carbocycles. The molecule has 4 nitrogen and oxygen atoms in total. The molecule has 1 aromatic rings. The molecule has 0 saturated heterocycles. The predicted octanol–water partition coefficient (Wildman–Crippen LogP) is 1.17. The summed E-state index contributed by atoms with van der Waals surface area (Å²) in [5.74, 6) is -0.156. The first-order chi connectivity index (χ1) is 5.68. The number of aliphatic carboxylic acids is 1. The highest BCUT2D eigenvalue weighted by Gasteiger charge is 2.45. The van der Waals surface area contributed by atoms with E-state index >= 15 is 0 Å². The van der Waals surface area contributed by atoms with Gasteiger partial charge in [0.25, 0.3) is 0 Å². The van der Waals surface area contributed by atoms with Crippen LogP contribution in [0.15, 0.2) is 10.6 Å². The monoisotopic (exact) mass is 167 g/mol. The molecule has 0 aliphatic heterocycles. The van der Waals surface area contributed by atoms with Crippen LogP contribution in [0.1, 0.15) is 23.8 Å². The van der Waals surface area contributed by atoms with Gasteiger partial charge < -0.3 is 9.63 Å². The first kappa shape index (κ1) is 7.34. The average molecular weight is 167 g/mol. The van der Waals surface area contributed by atoms with Crippen molar-refractivity contribution in [2.24, 2.45) is 5.92 Å². The Morgan fingerprint density at radius 2 is 2.58 bits per heavy atom. The SMILES string of the molecule is Cc1cc([C@@H]2C[C@H]2C(=O)O)no1. The fraction of sp³-hybridized carbons (Fsp3) is 0.500. The zero-order chi connectivity index (χ0) is 8.72. The van der Waals surface area contributed by atoms with Gasteiger partial charge in [-0.15, -0.1) is 0 Å². The van der Waals surface area contributed by atoms with Gasteiger partial charge in [0.2, 0.25) is 0 Å². The second kappa shape index (κ2) is 2.33. The van der Waals surface area contributed by atoms with Gasteiger partial charge in [-0.25, -0.2) is 0 Å². The van der Waals surface area contributed by atoms with Gasteiger partial charge in [0.05, 0.1) is 11.6 Å². The maximum Gasteiger partial charge on any atom is 0.307 e. The molecule has 2 atom stereocenters. The minimum Gasteiger partial charge on any atom is -0.481 e. The van der Waals surface area contributed by atoms with Crippen LogP contribution in [-0.2, 0) is 4.79 Å². The van der Waals surface area contributed by atoms with Crippen molar-refractivity contribution >= 4 is 5.97 Å². The summed E-state index contributed by atoms with van der Waals surface area (Å²) in [4.78, 5) is 10.5. The highest BCUT2D eigenvalue weighted by Crippen LogP contribution is 2.46. The lowest BCUT2D eigenvalue weighted by Crippen LogP contribution is -1.98. The van der Waals surface area contributed by atoms with Crippen LogP contribution >= 0.6 is 0 Å². The number of hydrogen-bond donors (Lipinski definition) is 1. The molecule has 1 aromatic heterocycles. The van der Waals surface area contributed by atoms with E-state index in [1.165, 1.54) is 0 Å². The van der Waals surface area contributed by atoms with Crippen LogP contribution in [0.2, 0.25) is 0 Å². The Morgan fingerprint density at radius 3 is 3.00 bits per heavy atom. The summed E-state index contributed by atoms with van der Waals surface area (Å²) in [5, 5.41) is 12.4. The number of aromatic nitrogens is 1. The number of carbonyl (C=O) groups is 1. The third-order valence-electron chi connectivity index (χ3n) is 2.13. The Bertz CT molecular complexity index is 318. The molecule has 1 saturated carbocycles. The Labute approximate surface area is 69.2 Å². The lowest BCUT2D eigenvalue weighted by molar-refractivity contribution is -0.138. The lowest BCUT2D eigenvalue weighted by atomic mass is 10.2. The minimum absolute atomic E-state index is 0.0833. The smallest absolute Gasteiger partial charge is 0.307 e. The van der Waals surface area contributed by atoms with Crippen LogP contribution in [0, 0.1) is 12.8 Å². The molecule has 0 unspecified atom stereocenters. The zero-order valence-corrected chi connectivity index (χ0v) is 6.65. The first-order valence-electron chi connectivity index (χ1n) is 3.84. The van der Waals surface area contributed by atoms with Crippen molar-refractivity contribution in [3.63, 3.8) is 0 Å². The minimum atomic E-state index is -0.736. The Morgan fingerprint density at radius 1 is 1.83 bits per heavy atom. The second-order valence-electron chi connectivity index (χ2n) is 3.15. The molecular formula is C8H9NO3. The predicted molar refractivity (Wildman–Crippen MR) is 39.7 cm³/mol. The van der Waals surface area contributed by atoms with Gasteiger partial charge in [0.15, 0.2) is 0 Å². The fourth-order valence-electron chi connectivity index (χ4n) is 1.36. The van der Waals surface area contributed by atoms with Crippen LogP contribution in [0.4, 0.5) is 0 Å². The van der Waals surface area contributed by atoms with E-state index in [2.05, 4.69) is 5.16 Å². The number of rotatable bonds is 2. The van der Waals surface area contributed by atoms with Crippen LogP contribution in [0.25, 0.3) is 0 Å². The molecule has 0 amide bonds. The van der Waals surface area contributed by atoms with Crippen molar-refractivity contribution in [1.82, 2.24) is 5.16 Å². The molecule has 2 rings (SSSR count). The van der Waals surface area contributed by atoms with E-state index in [9.17, 15) is 4.79 Å². The van der Waals surface area contributed by atoms with Gasteiger partial charge in [0.1, 0.15) is 5.76 Å². The van der Waals surface area contributed by atoms with Crippen LogP contribution in [0.5, 0.6) is 0 Å². The molecule has 1 N–H and O–H groups in total. The Kier molecular flexibility index (Phi) is 1.43. The molecule has 12 heavy (non-hydrogen) atoms. The number of carboxylic acid groups (broad SMARTS) is 1. The highest BCUT2D eigenvalue weighted by molar-refractivity contribution is 5.75. The van der Waals surface area contributed by atoms with Crippen LogP contribution < -0.4 is 0 Å². The molecule has 0 aromatic carbocycles. The molecule has 64 valence electrons. The molecule has 1 aliphatic rings. The highest BCUT2D eigenvalue weighted by atomic mass is 16.5. The summed E-state index contributed by atoms with van der Waals surface area (Å²) in [6.07, 6.45) is 0.696. The van der Waals surface area contributed by atoms with Crippen molar-refractivity contribution in [1.29, 1.82) is 0 Å². The third kappa shape index (κ3) is 1.09. The molecule has 0 spiro atoms. The van der Waals surface area contributed by atoms with E-state index in [4.69, 9.17) is 9.63 Å². The van der Waals surface area contributed by atoms with Gasteiger partial charge in [0, 0.05) is 12.0 Å². The quantitative estimate of drug-likeness (QED) is 0.718. The summed E-state index contributed by atoms with van der Waals surface area (Å²) < 4.78 is 4.85. The molecule has 4 heteroatoms. The maximum absolute atomic E-state index is 10.5. The number of nitrogens with zero attached hydrogens (tertiary/aromatic N) is 1. The van der Waals surface area contributed by atoms with E-state index in [1.54, 1.807) is 13.0 Å². The van der Waals surface area contributed by atoms with Gasteiger partial charge in [-0.2, -0.15) is 0 Å². The number of aryl methyl sites for hydroxylation is 1. The lowest BCUT2D eigenvalue weighted by Gasteiger charge is -1.86.